The van der Waals surface area contributed by atoms with Gasteiger partial charge in [0.1, 0.15) is 22.7 Å². The number of ether oxygens (including phenoxy) is 1. The largest absolute Gasteiger partial charge is 0.456 e. The second-order valence-electron chi connectivity index (χ2n) is 19.9. The molecule has 0 radical (unpaired) electrons. The van der Waals surface area contributed by atoms with Crippen LogP contribution in [0, 0.1) is 0 Å². The van der Waals surface area contributed by atoms with Gasteiger partial charge in [-0.2, -0.15) is 0 Å². The Kier molecular flexibility index (Phi) is 8.71. The van der Waals surface area contributed by atoms with Gasteiger partial charge in [0.15, 0.2) is 0 Å². The maximum absolute atomic E-state index is 7.05. The average Bonchev–Trinajstić information content (AvgIpc) is 3.87. The molecule has 0 atom stereocenters. The predicted octanol–water partition coefficient (Wildman–Crippen LogP) is 19.7. The van der Waals surface area contributed by atoms with Crippen LogP contribution in [0.15, 0.2) is 241 Å². The van der Waals surface area contributed by atoms with Crippen molar-refractivity contribution in [3.05, 3.63) is 248 Å². The van der Waals surface area contributed by atoms with Crippen LogP contribution in [0.25, 0.3) is 109 Å². The third kappa shape index (κ3) is 5.91. The Balaban J connectivity index is 1.09. The molecule has 15 rings (SSSR count). The van der Waals surface area contributed by atoms with Gasteiger partial charge < -0.3 is 14.1 Å². The lowest BCUT2D eigenvalue weighted by molar-refractivity contribution is 0.488. The number of hydrogen-bond acceptors (Lipinski definition) is 3. The van der Waals surface area contributed by atoms with Gasteiger partial charge in [-0.05, 0) is 143 Å². The van der Waals surface area contributed by atoms with Crippen LogP contribution in [-0.4, -0.2) is 0 Å². The number of furan rings is 1. The van der Waals surface area contributed by atoms with Gasteiger partial charge in [-0.15, -0.1) is 0 Å². The number of nitrogens with zero attached hydrogens (tertiary/aromatic N) is 1. The topological polar surface area (TPSA) is 25.6 Å². The fourth-order valence-electron chi connectivity index (χ4n) is 12.3. The van der Waals surface area contributed by atoms with Crippen LogP contribution >= 0.6 is 0 Å². The van der Waals surface area contributed by atoms with E-state index >= 15 is 0 Å². The summed E-state index contributed by atoms with van der Waals surface area (Å²) in [6.45, 7) is 4.72. The second-order valence-corrected chi connectivity index (χ2v) is 19.9. The first-order valence-electron chi connectivity index (χ1n) is 24.9. The molecule has 1 aromatic heterocycles. The van der Waals surface area contributed by atoms with Gasteiger partial charge in [-0.25, -0.2) is 0 Å². The van der Waals surface area contributed by atoms with Crippen LogP contribution in [0.2, 0.25) is 0 Å². The van der Waals surface area contributed by atoms with Crippen molar-refractivity contribution in [3.8, 4) is 44.9 Å². The molecular formula is C69H45NO2. The molecule has 3 nitrogen and oxygen atoms in total. The minimum Gasteiger partial charge on any atom is -0.456 e. The molecule has 12 aromatic carbocycles. The van der Waals surface area contributed by atoms with E-state index in [0.717, 1.165) is 105 Å². The highest BCUT2D eigenvalue weighted by Gasteiger charge is 2.36. The van der Waals surface area contributed by atoms with Crippen LogP contribution < -0.4 is 9.64 Å². The van der Waals surface area contributed by atoms with Crippen LogP contribution in [0.1, 0.15) is 25.0 Å². The van der Waals surface area contributed by atoms with E-state index in [9.17, 15) is 0 Å². The molecule has 0 amide bonds. The number of fused-ring (bicyclic) bond motifs is 22. The van der Waals surface area contributed by atoms with E-state index in [4.69, 9.17) is 9.15 Å². The summed E-state index contributed by atoms with van der Waals surface area (Å²) < 4.78 is 13.9. The molecule has 3 heteroatoms. The molecular weight excluding hydrogens is 875 g/mol. The summed E-state index contributed by atoms with van der Waals surface area (Å²) in [4.78, 5) is 2.45. The van der Waals surface area contributed by atoms with Crippen molar-refractivity contribution in [1.82, 2.24) is 0 Å². The van der Waals surface area contributed by atoms with Gasteiger partial charge in [0.25, 0.3) is 0 Å². The van der Waals surface area contributed by atoms with Crippen molar-refractivity contribution in [2.24, 2.45) is 0 Å². The van der Waals surface area contributed by atoms with E-state index < -0.39 is 0 Å². The maximum Gasteiger partial charge on any atom is 0.143 e. The van der Waals surface area contributed by atoms with E-state index in [1.807, 2.05) is 6.07 Å². The Morgan fingerprint density at radius 2 is 0.764 bits per heavy atom. The molecule has 0 spiro atoms. The van der Waals surface area contributed by atoms with Crippen molar-refractivity contribution in [3.63, 3.8) is 0 Å². The quantitative estimate of drug-likeness (QED) is 0.177. The summed E-state index contributed by atoms with van der Waals surface area (Å²) in [5.41, 5.74) is 14.3. The molecule has 1 aliphatic carbocycles. The molecule has 0 saturated heterocycles. The smallest absolute Gasteiger partial charge is 0.143 e. The molecule has 0 fully saturated rings. The predicted molar refractivity (Wildman–Crippen MR) is 302 cm³/mol. The molecule has 0 N–H and O–H groups in total. The first-order valence-corrected chi connectivity index (χ1v) is 24.9. The summed E-state index contributed by atoms with van der Waals surface area (Å²) in [7, 11) is 0. The van der Waals surface area contributed by atoms with Gasteiger partial charge in [-0.3, -0.25) is 0 Å². The zero-order valence-corrected chi connectivity index (χ0v) is 39.8. The first kappa shape index (κ1) is 40.7. The lowest BCUT2D eigenvalue weighted by Crippen LogP contribution is -2.16. The van der Waals surface area contributed by atoms with Crippen LogP contribution in [0.5, 0.6) is 11.5 Å². The lowest BCUT2D eigenvalue weighted by Gasteiger charge is -2.29. The number of rotatable bonds is 3. The van der Waals surface area contributed by atoms with Crippen molar-refractivity contribution >= 4 is 92.9 Å². The van der Waals surface area contributed by atoms with Gasteiger partial charge in [0.2, 0.25) is 0 Å². The highest BCUT2D eigenvalue weighted by molar-refractivity contribution is 6.31. The monoisotopic (exact) mass is 919 g/mol. The zero-order valence-electron chi connectivity index (χ0n) is 39.8. The molecule has 13 aromatic rings. The summed E-state index contributed by atoms with van der Waals surface area (Å²) in [6.07, 6.45) is 0. The summed E-state index contributed by atoms with van der Waals surface area (Å²) in [5.74, 6) is 1.68. The fourth-order valence-corrected chi connectivity index (χ4v) is 12.3. The minimum atomic E-state index is -0.201. The maximum atomic E-state index is 7.05. The summed E-state index contributed by atoms with van der Waals surface area (Å²) in [6, 6.07) is 86.5. The van der Waals surface area contributed by atoms with E-state index in [1.165, 1.54) is 43.8 Å². The standard InChI is InChI=1S/C69H45NO2/c1-69(2)62-28-14-11-24-53(62)54-35-32-44(41-63(54)69)70(43-33-38-66-61(40-43)51-23-8-7-21-49(51)55-25-12-15-29-64(55)71-66)42-31-34-52-48-20-6-4-18-46(48)45-17-3-5-19-47(45)50-22-9-10-27-57(50)67-58(60(52)39-42)36-37-59-56-26-13-16-30-65(56)72-68(59)67/h3-41H,1-2H3. The van der Waals surface area contributed by atoms with Crippen molar-refractivity contribution < 1.29 is 9.15 Å². The molecule has 72 heavy (non-hydrogen) atoms. The number of benzene rings is 11. The van der Waals surface area contributed by atoms with Crippen LogP contribution in [0.3, 0.4) is 0 Å². The normalized spacial score (nSPS) is 13.1. The lowest BCUT2D eigenvalue weighted by atomic mass is 9.82. The minimum absolute atomic E-state index is 0.201. The van der Waals surface area contributed by atoms with E-state index in [0.29, 0.717) is 0 Å². The third-order valence-corrected chi connectivity index (χ3v) is 15.7. The summed E-state index contributed by atoms with van der Waals surface area (Å²) >= 11 is 0. The Bertz CT molecular complexity index is 4540. The molecule has 0 saturated carbocycles. The zero-order chi connectivity index (χ0) is 47.7. The molecule has 0 bridgehead atoms. The van der Waals surface area contributed by atoms with Crippen LogP contribution in [0.4, 0.5) is 17.1 Å². The van der Waals surface area contributed by atoms with Crippen molar-refractivity contribution in [1.29, 1.82) is 0 Å². The molecule has 338 valence electrons. The number of hydrogen-bond donors (Lipinski definition) is 0. The molecule has 2 aliphatic rings. The average molecular weight is 920 g/mol. The number of anilines is 3. The highest BCUT2D eigenvalue weighted by atomic mass is 16.5. The second kappa shape index (κ2) is 15.4. The molecule has 1 aliphatic heterocycles. The molecule has 0 unspecified atom stereocenters. The summed E-state index contributed by atoms with van der Waals surface area (Å²) in [5, 5.41) is 13.7. The third-order valence-electron chi connectivity index (χ3n) is 15.7. The van der Waals surface area contributed by atoms with E-state index in [2.05, 4.69) is 249 Å². The van der Waals surface area contributed by atoms with E-state index in [1.54, 1.807) is 0 Å². The van der Waals surface area contributed by atoms with Crippen molar-refractivity contribution in [2.45, 2.75) is 19.3 Å². The highest BCUT2D eigenvalue weighted by Crippen LogP contribution is 2.53. The van der Waals surface area contributed by atoms with Crippen molar-refractivity contribution in [2.75, 3.05) is 4.90 Å². The molecule has 2 heterocycles. The van der Waals surface area contributed by atoms with Gasteiger partial charge in [0.05, 0.1) is 0 Å². The Morgan fingerprint density at radius 1 is 0.306 bits per heavy atom. The van der Waals surface area contributed by atoms with Gasteiger partial charge in [-0.1, -0.05) is 190 Å². The number of para-hydroxylation sites is 2. The fraction of sp³-hybridized carbons (Fsp3) is 0.0435. The van der Waals surface area contributed by atoms with E-state index in [-0.39, 0.29) is 5.41 Å². The SMILES string of the molecule is CC1(C)c2ccccc2-c2ccc(N(c3ccc4c(c3)-c3ccccc3-c3ccccc3O4)c3ccc4c5ccccc5c5ccccc5c5ccccc5c5c(ccc6c7ccccc7oc65)c4c3)cc21. The first-order chi connectivity index (χ1) is 35.5. The van der Waals surface area contributed by atoms with Gasteiger partial charge >= 0.3 is 0 Å². The van der Waals surface area contributed by atoms with Gasteiger partial charge in [0, 0.05) is 49.8 Å². The van der Waals surface area contributed by atoms with Crippen LogP contribution in [-0.2, 0) is 5.41 Å². The Labute approximate surface area is 416 Å². The Hall–Kier alpha value is -9.18. The Morgan fingerprint density at radius 3 is 1.50 bits per heavy atom.